The molecule has 2 unspecified atom stereocenters. The van der Waals surface area contributed by atoms with Gasteiger partial charge in [-0.25, -0.2) is 0 Å². The van der Waals surface area contributed by atoms with E-state index in [-0.39, 0.29) is 0 Å². The molecule has 104 valence electrons. The summed E-state index contributed by atoms with van der Waals surface area (Å²) in [7, 11) is 0. The zero-order chi connectivity index (χ0) is 12.8. The van der Waals surface area contributed by atoms with E-state index in [9.17, 15) is 4.79 Å². The van der Waals surface area contributed by atoms with Gasteiger partial charge in [0.2, 0.25) is 5.91 Å². The topological polar surface area (TPSA) is 32.3 Å². The van der Waals surface area contributed by atoms with Crippen LogP contribution in [0.5, 0.6) is 0 Å². The van der Waals surface area contributed by atoms with Crippen molar-refractivity contribution in [3.05, 3.63) is 0 Å². The first-order valence-corrected chi connectivity index (χ1v) is 7.78. The van der Waals surface area contributed by atoms with E-state index in [1.807, 2.05) is 0 Å². The summed E-state index contributed by atoms with van der Waals surface area (Å²) in [6.45, 7) is 5.17. The molecule has 18 heavy (non-hydrogen) atoms. The van der Waals surface area contributed by atoms with E-state index in [4.69, 9.17) is 0 Å². The van der Waals surface area contributed by atoms with Crippen LogP contribution in [-0.4, -0.2) is 36.5 Å². The van der Waals surface area contributed by atoms with E-state index in [1.54, 1.807) is 0 Å². The van der Waals surface area contributed by atoms with Gasteiger partial charge in [-0.05, 0) is 38.0 Å². The maximum Gasteiger partial charge on any atom is 0.223 e. The summed E-state index contributed by atoms with van der Waals surface area (Å²) in [5.74, 6) is 1.13. The maximum absolute atomic E-state index is 12.0. The third-order valence-electron chi connectivity index (χ3n) is 4.57. The highest BCUT2D eigenvalue weighted by atomic mass is 16.2. The lowest BCUT2D eigenvalue weighted by Gasteiger charge is -2.30. The van der Waals surface area contributed by atoms with Crippen LogP contribution in [0.15, 0.2) is 0 Å². The van der Waals surface area contributed by atoms with Crippen LogP contribution in [-0.2, 0) is 4.79 Å². The van der Waals surface area contributed by atoms with Gasteiger partial charge in [0.25, 0.3) is 0 Å². The van der Waals surface area contributed by atoms with E-state index in [1.165, 1.54) is 44.9 Å². The molecule has 0 aromatic rings. The molecule has 3 nitrogen and oxygen atoms in total. The van der Waals surface area contributed by atoms with Crippen LogP contribution in [0.1, 0.15) is 58.3 Å². The van der Waals surface area contributed by atoms with E-state index < -0.39 is 0 Å². The Morgan fingerprint density at radius 3 is 2.56 bits per heavy atom. The van der Waals surface area contributed by atoms with Crippen LogP contribution in [0.2, 0.25) is 0 Å². The predicted molar refractivity (Wildman–Crippen MR) is 74.5 cm³/mol. The number of rotatable bonds is 4. The van der Waals surface area contributed by atoms with Crippen molar-refractivity contribution in [1.82, 2.24) is 10.2 Å². The first kappa shape index (κ1) is 13.9. The molecule has 0 bridgehead atoms. The quantitative estimate of drug-likeness (QED) is 0.834. The van der Waals surface area contributed by atoms with Crippen molar-refractivity contribution < 1.29 is 4.79 Å². The van der Waals surface area contributed by atoms with Crippen molar-refractivity contribution in [1.29, 1.82) is 0 Å². The number of likely N-dealkylation sites (tertiary alicyclic amines) is 1. The molecular formula is C15H28N2O. The van der Waals surface area contributed by atoms with Crippen molar-refractivity contribution in [2.24, 2.45) is 5.92 Å². The number of hydrogen-bond acceptors (Lipinski definition) is 2. The summed E-state index contributed by atoms with van der Waals surface area (Å²) >= 11 is 0. The van der Waals surface area contributed by atoms with Crippen molar-refractivity contribution in [2.75, 3.05) is 19.6 Å². The monoisotopic (exact) mass is 252 g/mol. The molecule has 1 saturated carbocycles. The molecule has 0 spiro atoms. The molecule has 1 saturated heterocycles. The lowest BCUT2D eigenvalue weighted by atomic mass is 9.86. The van der Waals surface area contributed by atoms with E-state index in [0.29, 0.717) is 18.4 Å². The van der Waals surface area contributed by atoms with Gasteiger partial charge in [-0.1, -0.05) is 19.8 Å². The molecule has 1 N–H and O–H groups in total. The number of piperidine rings is 1. The van der Waals surface area contributed by atoms with Crippen LogP contribution in [0.25, 0.3) is 0 Å². The van der Waals surface area contributed by atoms with Gasteiger partial charge < -0.3 is 10.2 Å². The summed E-state index contributed by atoms with van der Waals surface area (Å²) in [5, 5.41) is 3.59. The minimum Gasteiger partial charge on any atom is -0.343 e. The second kappa shape index (κ2) is 7.13. The zero-order valence-corrected chi connectivity index (χ0v) is 11.8. The highest BCUT2D eigenvalue weighted by molar-refractivity contribution is 5.76. The number of nitrogens with one attached hydrogen (secondary N) is 1. The SMILES string of the molecule is CC1CCCCC1NCCC(=O)N1CCCCC1. The molecule has 2 fully saturated rings. The molecule has 1 amide bonds. The molecule has 0 aromatic heterocycles. The first-order chi connectivity index (χ1) is 8.77. The van der Waals surface area contributed by atoms with E-state index in [0.717, 1.165) is 25.6 Å². The molecule has 3 heteroatoms. The van der Waals surface area contributed by atoms with Crippen LogP contribution < -0.4 is 5.32 Å². The molecule has 0 radical (unpaired) electrons. The Morgan fingerprint density at radius 2 is 1.83 bits per heavy atom. The van der Waals surface area contributed by atoms with Crippen LogP contribution in [0.3, 0.4) is 0 Å². The van der Waals surface area contributed by atoms with E-state index >= 15 is 0 Å². The Morgan fingerprint density at radius 1 is 1.11 bits per heavy atom. The highest BCUT2D eigenvalue weighted by Gasteiger charge is 2.21. The number of carbonyl (C=O) groups is 1. The van der Waals surface area contributed by atoms with Crippen LogP contribution >= 0.6 is 0 Å². The molecule has 2 rings (SSSR count). The van der Waals surface area contributed by atoms with Gasteiger partial charge in [0.05, 0.1) is 0 Å². The van der Waals surface area contributed by atoms with Crippen molar-refractivity contribution in [3.8, 4) is 0 Å². The van der Waals surface area contributed by atoms with Crippen LogP contribution in [0, 0.1) is 5.92 Å². The van der Waals surface area contributed by atoms with Gasteiger partial charge in [-0.15, -0.1) is 0 Å². The fourth-order valence-corrected chi connectivity index (χ4v) is 3.29. The number of hydrogen-bond donors (Lipinski definition) is 1. The summed E-state index contributed by atoms with van der Waals surface area (Å²) in [6, 6.07) is 0.646. The standard InChI is InChI=1S/C15H28N2O/c1-13-7-3-4-8-14(13)16-10-9-15(18)17-11-5-2-6-12-17/h13-14,16H,2-12H2,1H3. The average Bonchev–Trinajstić information content (AvgIpc) is 2.42. The Balaban J connectivity index is 1.63. The Kier molecular flexibility index (Phi) is 5.48. The lowest BCUT2D eigenvalue weighted by molar-refractivity contribution is -0.132. The smallest absolute Gasteiger partial charge is 0.223 e. The third kappa shape index (κ3) is 3.98. The summed E-state index contributed by atoms with van der Waals surface area (Å²) < 4.78 is 0. The maximum atomic E-state index is 12.0. The van der Waals surface area contributed by atoms with Crippen molar-refractivity contribution in [2.45, 2.75) is 64.3 Å². The van der Waals surface area contributed by atoms with Crippen LogP contribution in [0.4, 0.5) is 0 Å². The molecule has 1 heterocycles. The Bertz CT molecular complexity index is 261. The van der Waals surface area contributed by atoms with E-state index in [2.05, 4.69) is 17.1 Å². The van der Waals surface area contributed by atoms with Gasteiger partial charge in [0.1, 0.15) is 0 Å². The number of carbonyl (C=O) groups excluding carboxylic acids is 1. The van der Waals surface area contributed by atoms with Gasteiger partial charge >= 0.3 is 0 Å². The van der Waals surface area contributed by atoms with Gasteiger partial charge in [-0.3, -0.25) is 4.79 Å². The number of nitrogens with zero attached hydrogens (tertiary/aromatic N) is 1. The summed E-state index contributed by atoms with van der Waals surface area (Å²) in [5.41, 5.74) is 0. The molecule has 2 aliphatic rings. The average molecular weight is 252 g/mol. The van der Waals surface area contributed by atoms with Gasteiger partial charge in [-0.2, -0.15) is 0 Å². The molecule has 2 atom stereocenters. The van der Waals surface area contributed by atoms with Gasteiger partial charge in [0.15, 0.2) is 0 Å². The van der Waals surface area contributed by atoms with Crippen molar-refractivity contribution in [3.63, 3.8) is 0 Å². The second-order valence-corrected chi connectivity index (χ2v) is 6.01. The lowest BCUT2D eigenvalue weighted by Crippen LogP contribution is -2.41. The third-order valence-corrected chi connectivity index (χ3v) is 4.57. The molecule has 1 aliphatic heterocycles. The minimum atomic E-state index is 0.352. The summed E-state index contributed by atoms with van der Waals surface area (Å²) in [4.78, 5) is 14.1. The largest absolute Gasteiger partial charge is 0.343 e. The Labute approximate surface area is 111 Å². The minimum absolute atomic E-state index is 0.352. The Hall–Kier alpha value is -0.570. The van der Waals surface area contributed by atoms with Gasteiger partial charge in [0, 0.05) is 32.1 Å². The fourth-order valence-electron chi connectivity index (χ4n) is 3.29. The second-order valence-electron chi connectivity index (χ2n) is 6.01. The summed E-state index contributed by atoms with van der Waals surface area (Å²) in [6.07, 6.45) is 9.73. The fraction of sp³-hybridized carbons (Fsp3) is 0.933. The van der Waals surface area contributed by atoms with Crippen molar-refractivity contribution >= 4 is 5.91 Å². The molecular weight excluding hydrogens is 224 g/mol. The zero-order valence-electron chi connectivity index (χ0n) is 11.8. The highest BCUT2D eigenvalue weighted by Crippen LogP contribution is 2.23. The predicted octanol–water partition coefficient (Wildman–Crippen LogP) is 2.56. The first-order valence-electron chi connectivity index (χ1n) is 7.78. The number of amides is 1. The molecule has 0 aromatic carbocycles. The molecule has 1 aliphatic carbocycles. The normalized spacial score (nSPS) is 29.3.